The Hall–Kier alpha value is 0.0969. The van der Waals surface area contributed by atoms with Gasteiger partial charge in [-0.2, -0.15) is 0 Å². The Labute approximate surface area is 137 Å². The second-order valence-corrected chi connectivity index (χ2v) is 14.1. The van der Waals surface area contributed by atoms with E-state index in [1.807, 2.05) is 0 Å². The standard InChI is InChI=1S/C18H36O3Si/c1-17(2,3)22(5,6)21-16-8-7-11-18(4)13(15(20)12-19)9-10-14(16)18/h13-16,19-20H,7-12H2,1-6H3/t13-,14+,15-,16+,18-/m1/s1. The van der Waals surface area contributed by atoms with E-state index in [2.05, 4.69) is 40.8 Å². The van der Waals surface area contributed by atoms with Crippen molar-refractivity contribution in [2.45, 2.75) is 90.1 Å². The molecule has 0 amide bonds. The van der Waals surface area contributed by atoms with E-state index in [1.165, 1.54) is 6.42 Å². The predicted octanol–water partition coefficient (Wildman–Crippen LogP) is 3.95. The molecule has 0 aromatic rings. The Morgan fingerprint density at radius 2 is 1.86 bits per heavy atom. The first-order chi connectivity index (χ1) is 10.0. The molecule has 22 heavy (non-hydrogen) atoms. The molecule has 2 aliphatic rings. The smallest absolute Gasteiger partial charge is 0.192 e. The van der Waals surface area contributed by atoms with E-state index in [-0.39, 0.29) is 23.0 Å². The zero-order valence-electron chi connectivity index (χ0n) is 15.4. The van der Waals surface area contributed by atoms with E-state index in [0.717, 1.165) is 25.7 Å². The minimum atomic E-state index is -1.75. The van der Waals surface area contributed by atoms with Crippen molar-refractivity contribution in [3.05, 3.63) is 0 Å². The van der Waals surface area contributed by atoms with E-state index in [9.17, 15) is 10.2 Å². The molecule has 0 aliphatic heterocycles. The maximum Gasteiger partial charge on any atom is 0.192 e. The fourth-order valence-electron chi connectivity index (χ4n) is 4.62. The molecule has 0 unspecified atom stereocenters. The summed E-state index contributed by atoms with van der Waals surface area (Å²) < 4.78 is 6.78. The van der Waals surface area contributed by atoms with Gasteiger partial charge in [-0.1, -0.05) is 34.1 Å². The SMILES string of the molecule is CC(C)(C)[Si](C)(C)O[C@H]1CCC[C@]2(C)[C@@H]([C@H](O)CO)CC[C@@H]12. The van der Waals surface area contributed by atoms with Crippen LogP contribution in [-0.2, 0) is 4.43 Å². The Balaban J connectivity index is 2.17. The largest absolute Gasteiger partial charge is 0.414 e. The Bertz CT molecular complexity index is 390. The van der Waals surface area contributed by atoms with Crippen LogP contribution in [0.5, 0.6) is 0 Å². The van der Waals surface area contributed by atoms with Crippen molar-refractivity contribution in [3.63, 3.8) is 0 Å². The van der Waals surface area contributed by atoms with Crippen molar-refractivity contribution < 1.29 is 14.6 Å². The Kier molecular flexibility index (Phi) is 5.19. The average molecular weight is 329 g/mol. The molecular formula is C18H36O3Si. The summed E-state index contributed by atoms with van der Waals surface area (Å²) in [6.07, 6.45) is 5.45. The summed E-state index contributed by atoms with van der Waals surface area (Å²) in [4.78, 5) is 0. The van der Waals surface area contributed by atoms with Gasteiger partial charge in [0.2, 0.25) is 0 Å². The van der Waals surface area contributed by atoms with Gasteiger partial charge in [0, 0.05) is 6.10 Å². The van der Waals surface area contributed by atoms with Crippen molar-refractivity contribution in [1.82, 2.24) is 0 Å². The van der Waals surface area contributed by atoms with Gasteiger partial charge in [-0.3, -0.25) is 0 Å². The minimum absolute atomic E-state index is 0.110. The van der Waals surface area contributed by atoms with Crippen LogP contribution in [0.4, 0.5) is 0 Å². The Morgan fingerprint density at radius 1 is 1.23 bits per heavy atom. The van der Waals surface area contributed by atoms with Crippen molar-refractivity contribution >= 4 is 8.32 Å². The van der Waals surface area contributed by atoms with Gasteiger partial charge in [0.05, 0.1) is 12.7 Å². The molecule has 2 aliphatic carbocycles. The van der Waals surface area contributed by atoms with Crippen LogP contribution in [0.15, 0.2) is 0 Å². The van der Waals surface area contributed by atoms with Crippen molar-refractivity contribution in [2.75, 3.05) is 6.61 Å². The highest BCUT2D eigenvalue weighted by atomic mass is 28.4. The first-order valence-electron chi connectivity index (χ1n) is 8.99. The summed E-state index contributed by atoms with van der Waals surface area (Å²) in [5, 5.41) is 19.9. The highest BCUT2D eigenvalue weighted by molar-refractivity contribution is 6.74. The van der Waals surface area contributed by atoms with Gasteiger partial charge >= 0.3 is 0 Å². The summed E-state index contributed by atoms with van der Waals surface area (Å²) in [6, 6.07) is 0. The van der Waals surface area contributed by atoms with E-state index in [0.29, 0.717) is 12.0 Å². The topological polar surface area (TPSA) is 49.7 Å². The number of rotatable bonds is 4. The summed E-state index contributed by atoms with van der Waals surface area (Å²) in [5.74, 6) is 0.773. The van der Waals surface area contributed by atoms with Crippen LogP contribution in [0.1, 0.15) is 59.8 Å². The first-order valence-corrected chi connectivity index (χ1v) is 11.9. The molecule has 0 aromatic heterocycles. The maximum absolute atomic E-state index is 10.2. The molecule has 0 heterocycles. The summed E-state index contributed by atoms with van der Waals surface area (Å²) >= 11 is 0. The lowest BCUT2D eigenvalue weighted by Gasteiger charge is -2.49. The van der Waals surface area contributed by atoms with Crippen molar-refractivity contribution in [3.8, 4) is 0 Å². The highest BCUT2D eigenvalue weighted by Gasteiger charge is 2.54. The maximum atomic E-state index is 10.2. The summed E-state index contributed by atoms with van der Waals surface area (Å²) in [6.45, 7) is 13.8. The number of aliphatic hydroxyl groups is 2. The molecule has 2 saturated carbocycles. The van der Waals surface area contributed by atoms with Gasteiger partial charge in [0.15, 0.2) is 8.32 Å². The average Bonchev–Trinajstić information content (AvgIpc) is 2.74. The molecule has 130 valence electrons. The predicted molar refractivity (Wildman–Crippen MR) is 93.3 cm³/mol. The normalized spacial score (nSPS) is 37.9. The fraction of sp³-hybridized carbons (Fsp3) is 1.00. The van der Waals surface area contributed by atoms with Gasteiger partial charge in [0.25, 0.3) is 0 Å². The van der Waals surface area contributed by atoms with E-state index < -0.39 is 14.4 Å². The minimum Gasteiger partial charge on any atom is -0.414 e. The quantitative estimate of drug-likeness (QED) is 0.768. The number of hydrogen-bond acceptors (Lipinski definition) is 3. The van der Waals surface area contributed by atoms with Crippen LogP contribution in [-0.4, -0.2) is 37.3 Å². The van der Waals surface area contributed by atoms with Crippen LogP contribution in [0.3, 0.4) is 0 Å². The lowest BCUT2D eigenvalue weighted by atomic mass is 9.63. The molecule has 2 N–H and O–H groups in total. The molecule has 2 fully saturated rings. The first kappa shape index (κ1) is 18.4. The van der Waals surface area contributed by atoms with Gasteiger partial charge in [0.1, 0.15) is 0 Å². The van der Waals surface area contributed by atoms with Crippen LogP contribution in [0, 0.1) is 17.3 Å². The molecule has 0 bridgehead atoms. The fourth-order valence-corrected chi connectivity index (χ4v) is 6.01. The van der Waals surface area contributed by atoms with Crippen LogP contribution >= 0.6 is 0 Å². The summed E-state index contributed by atoms with van der Waals surface area (Å²) in [5.41, 5.74) is 0.132. The van der Waals surface area contributed by atoms with E-state index in [4.69, 9.17) is 4.43 Å². The third kappa shape index (κ3) is 3.17. The van der Waals surface area contributed by atoms with Crippen LogP contribution in [0.2, 0.25) is 18.1 Å². The van der Waals surface area contributed by atoms with E-state index in [1.54, 1.807) is 0 Å². The van der Waals surface area contributed by atoms with Gasteiger partial charge in [-0.15, -0.1) is 0 Å². The molecule has 0 radical (unpaired) electrons. The van der Waals surface area contributed by atoms with E-state index >= 15 is 0 Å². The second-order valence-electron chi connectivity index (χ2n) is 9.35. The molecule has 5 atom stereocenters. The van der Waals surface area contributed by atoms with Crippen LogP contribution < -0.4 is 0 Å². The number of aliphatic hydroxyl groups excluding tert-OH is 2. The lowest BCUT2D eigenvalue weighted by molar-refractivity contribution is -0.0555. The zero-order chi connectivity index (χ0) is 16.8. The van der Waals surface area contributed by atoms with Gasteiger partial charge < -0.3 is 14.6 Å². The molecule has 0 spiro atoms. The summed E-state index contributed by atoms with van der Waals surface area (Å²) in [7, 11) is -1.75. The molecule has 3 nitrogen and oxygen atoms in total. The number of hydrogen-bond donors (Lipinski definition) is 2. The van der Waals surface area contributed by atoms with Crippen molar-refractivity contribution in [1.29, 1.82) is 0 Å². The monoisotopic (exact) mass is 328 g/mol. The van der Waals surface area contributed by atoms with Crippen LogP contribution in [0.25, 0.3) is 0 Å². The highest BCUT2D eigenvalue weighted by Crippen LogP contribution is 2.58. The molecular weight excluding hydrogens is 292 g/mol. The zero-order valence-corrected chi connectivity index (χ0v) is 16.4. The molecule has 0 aromatic carbocycles. The second kappa shape index (κ2) is 6.19. The molecule has 2 rings (SSSR count). The third-order valence-electron chi connectivity index (χ3n) is 7.04. The van der Waals surface area contributed by atoms with Gasteiger partial charge in [-0.25, -0.2) is 0 Å². The third-order valence-corrected chi connectivity index (χ3v) is 11.5. The number of fused-ring (bicyclic) bond motifs is 1. The van der Waals surface area contributed by atoms with Crippen molar-refractivity contribution in [2.24, 2.45) is 17.3 Å². The Morgan fingerprint density at radius 3 is 2.41 bits per heavy atom. The lowest BCUT2D eigenvalue weighted by Crippen LogP contribution is -2.50. The molecule has 4 heteroatoms. The van der Waals surface area contributed by atoms with Gasteiger partial charge in [-0.05, 0) is 61.1 Å². The molecule has 0 saturated heterocycles.